The number of aromatic nitrogens is 6. The van der Waals surface area contributed by atoms with Crippen molar-refractivity contribution >= 4 is 40.5 Å². The largest absolute Gasteiger partial charge is 1.00 e. The molecule has 4 aromatic carbocycles. The number of carbonyl (C=O) groups is 1. The number of anilines is 2. The molecular formula is C46H51BrCl2N8O6. The first-order valence-electron chi connectivity index (χ1n) is 20.8. The van der Waals surface area contributed by atoms with Gasteiger partial charge in [-0.3, -0.25) is 4.79 Å². The summed E-state index contributed by atoms with van der Waals surface area (Å²) in [7, 11) is 0. The van der Waals surface area contributed by atoms with E-state index in [9.17, 15) is 9.59 Å². The van der Waals surface area contributed by atoms with E-state index in [0.29, 0.717) is 27.9 Å². The van der Waals surface area contributed by atoms with Crippen molar-refractivity contribution in [3.8, 4) is 17.2 Å². The van der Waals surface area contributed by atoms with Gasteiger partial charge in [0.25, 0.3) is 6.33 Å². The van der Waals surface area contributed by atoms with Gasteiger partial charge >= 0.3 is 11.7 Å². The second-order valence-corrected chi connectivity index (χ2v) is 16.8. The van der Waals surface area contributed by atoms with Crippen LogP contribution < -0.4 is 46.5 Å². The molecule has 332 valence electrons. The van der Waals surface area contributed by atoms with Crippen molar-refractivity contribution in [2.75, 3.05) is 49.2 Å². The Bertz CT molecular complexity index is 2570. The van der Waals surface area contributed by atoms with Crippen LogP contribution in [0.15, 0.2) is 103 Å². The first-order valence-corrected chi connectivity index (χ1v) is 21.6. The first kappa shape index (κ1) is 45.8. The number of ether oxygens (including phenoxy) is 4. The van der Waals surface area contributed by atoms with Crippen molar-refractivity contribution in [2.24, 2.45) is 0 Å². The third kappa shape index (κ3) is 10.3. The van der Waals surface area contributed by atoms with Crippen molar-refractivity contribution in [1.29, 1.82) is 0 Å². The number of aryl methyl sites for hydroxylation is 2. The molecule has 14 nitrogen and oxygen atoms in total. The summed E-state index contributed by atoms with van der Waals surface area (Å²) in [6.07, 6.45) is 5.68. The predicted molar refractivity (Wildman–Crippen MR) is 237 cm³/mol. The van der Waals surface area contributed by atoms with E-state index in [1.54, 1.807) is 34.0 Å². The average molecular weight is 963 g/mol. The number of nitrogens with zero attached hydrogens (tertiary/aromatic N) is 8. The lowest BCUT2D eigenvalue weighted by Crippen LogP contribution is -3.00. The van der Waals surface area contributed by atoms with E-state index in [-0.39, 0.29) is 54.4 Å². The van der Waals surface area contributed by atoms with Crippen LogP contribution in [0.4, 0.5) is 11.4 Å². The van der Waals surface area contributed by atoms with Crippen LogP contribution >= 0.6 is 23.2 Å². The van der Waals surface area contributed by atoms with Crippen LogP contribution in [0.1, 0.15) is 55.5 Å². The highest BCUT2D eigenvalue weighted by Gasteiger charge is 2.47. The first-order chi connectivity index (χ1) is 29.9. The lowest BCUT2D eigenvalue weighted by atomic mass is 10.1. The summed E-state index contributed by atoms with van der Waals surface area (Å²) in [5.74, 6) is -0.280. The van der Waals surface area contributed by atoms with Gasteiger partial charge in [0.1, 0.15) is 30.5 Å². The van der Waals surface area contributed by atoms with Gasteiger partial charge in [0.15, 0.2) is 6.54 Å². The molecule has 3 unspecified atom stereocenters. The number of rotatable bonds is 14. The Balaban J connectivity index is 0.00000595. The van der Waals surface area contributed by atoms with Crippen molar-refractivity contribution in [1.82, 2.24) is 24.1 Å². The molecule has 2 saturated heterocycles. The fourth-order valence-electron chi connectivity index (χ4n) is 8.10. The van der Waals surface area contributed by atoms with Crippen LogP contribution in [0.2, 0.25) is 10.0 Å². The lowest BCUT2D eigenvalue weighted by molar-refractivity contribution is -0.689. The highest BCUT2D eigenvalue weighted by atomic mass is 79.9. The summed E-state index contributed by atoms with van der Waals surface area (Å²) in [5.41, 5.74) is 6.38. The molecule has 0 spiro atoms. The van der Waals surface area contributed by atoms with Gasteiger partial charge in [-0.15, -0.1) is 4.68 Å². The molecule has 2 aromatic heterocycles. The summed E-state index contributed by atoms with van der Waals surface area (Å²) in [4.78, 5) is 29.2. The van der Waals surface area contributed by atoms with Crippen molar-refractivity contribution < 1.29 is 45.3 Å². The molecule has 4 heterocycles. The number of hydrogen-bond acceptors (Lipinski definition) is 10. The Morgan fingerprint density at radius 1 is 0.921 bits per heavy atom. The average Bonchev–Trinajstić information content (AvgIpc) is 4.00. The van der Waals surface area contributed by atoms with E-state index in [2.05, 4.69) is 44.3 Å². The molecule has 0 bridgehead atoms. The molecule has 2 fully saturated rings. The van der Waals surface area contributed by atoms with Crippen molar-refractivity contribution in [3.63, 3.8) is 0 Å². The van der Waals surface area contributed by atoms with Gasteiger partial charge in [-0.25, -0.2) is 18.6 Å². The molecular weight excluding hydrogens is 911 g/mol. The van der Waals surface area contributed by atoms with Gasteiger partial charge in [0.2, 0.25) is 12.1 Å². The number of benzene rings is 4. The topological polar surface area (TPSA) is 122 Å². The second-order valence-electron chi connectivity index (χ2n) is 16.0. The molecule has 6 aromatic rings. The van der Waals surface area contributed by atoms with Crippen LogP contribution in [0.5, 0.6) is 11.5 Å². The molecule has 2 aliphatic rings. The minimum absolute atomic E-state index is 0. The Kier molecular flexibility index (Phi) is 14.3. The zero-order valence-electron chi connectivity index (χ0n) is 35.9. The van der Waals surface area contributed by atoms with Crippen LogP contribution in [0, 0.1) is 13.8 Å². The molecule has 0 N–H and O–H groups in total. The van der Waals surface area contributed by atoms with Crippen LogP contribution in [-0.4, -0.2) is 75.6 Å². The summed E-state index contributed by atoms with van der Waals surface area (Å²) in [6.45, 7) is 14.1. The van der Waals surface area contributed by atoms with E-state index in [1.807, 2.05) is 81.1 Å². The van der Waals surface area contributed by atoms with E-state index in [1.165, 1.54) is 11.6 Å². The molecule has 2 aliphatic heterocycles. The second kappa shape index (κ2) is 19.7. The standard InChI is InChI=1S/C46H51Cl2N8O6.BrH/c1-6-33(4)56-45(58)55(29-50-56)39-10-8-37(9-11-39)52-17-19-53(20-18-52)38-12-14-40(15-13-38)59-25-41-26-60-46(62-41,42-16-7-36(47)23-43(42)48)27-54-30-51(28-49-54)24-35-21-31(2)44(32(3)22-35)61-34(5)57;/h7-16,21-23,28-30,33,41H,6,17-20,24-27H2,1-5H3;1H/q+1;/p-1. The number of piperazine rings is 1. The molecule has 63 heavy (non-hydrogen) atoms. The molecule has 17 heteroatoms. The molecule has 0 amide bonds. The number of esters is 1. The van der Waals surface area contributed by atoms with E-state index < -0.39 is 11.9 Å². The summed E-state index contributed by atoms with van der Waals surface area (Å²) in [6, 6.07) is 25.6. The van der Waals surface area contributed by atoms with E-state index in [0.717, 1.165) is 72.1 Å². The Hall–Kier alpha value is -5.19. The van der Waals surface area contributed by atoms with Crippen LogP contribution in [-0.2, 0) is 33.1 Å². The fraction of sp³-hybridized carbons (Fsp3) is 0.370. The Morgan fingerprint density at radius 2 is 1.56 bits per heavy atom. The van der Waals surface area contributed by atoms with Crippen molar-refractivity contribution in [2.45, 2.75) is 72.1 Å². The molecule has 3 atom stereocenters. The highest BCUT2D eigenvalue weighted by molar-refractivity contribution is 6.35. The number of hydrogen-bond donors (Lipinski definition) is 0. The minimum atomic E-state index is -1.25. The van der Waals surface area contributed by atoms with Gasteiger partial charge < -0.3 is 45.7 Å². The van der Waals surface area contributed by atoms with Gasteiger partial charge in [-0.2, -0.15) is 5.10 Å². The van der Waals surface area contributed by atoms with Gasteiger partial charge in [-0.05, 0) is 117 Å². The van der Waals surface area contributed by atoms with Crippen LogP contribution in [0.3, 0.4) is 0 Å². The maximum Gasteiger partial charge on any atom is 0.350 e. The maximum atomic E-state index is 12.9. The minimum Gasteiger partial charge on any atom is -1.00 e. The Labute approximate surface area is 387 Å². The maximum absolute atomic E-state index is 12.9. The zero-order valence-corrected chi connectivity index (χ0v) is 39.0. The highest BCUT2D eigenvalue weighted by Crippen LogP contribution is 2.40. The summed E-state index contributed by atoms with van der Waals surface area (Å²) in [5, 5.41) is 9.88. The zero-order chi connectivity index (χ0) is 43.5. The van der Waals surface area contributed by atoms with Crippen molar-refractivity contribution in [3.05, 3.63) is 141 Å². The van der Waals surface area contributed by atoms with Gasteiger partial charge in [0.05, 0.1) is 29.9 Å². The van der Waals surface area contributed by atoms with E-state index >= 15 is 0 Å². The van der Waals surface area contributed by atoms with Gasteiger partial charge in [0, 0.05) is 60.2 Å². The smallest absolute Gasteiger partial charge is 0.350 e. The molecule has 0 aliphatic carbocycles. The monoisotopic (exact) mass is 960 g/mol. The molecule has 8 rings (SSSR count). The lowest BCUT2D eigenvalue weighted by Gasteiger charge is -2.37. The van der Waals surface area contributed by atoms with E-state index in [4.69, 9.17) is 42.1 Å². The summed E-state index contributed by atoms with van der Waals surface area (Å²) < 4.78 is 31.7. The SMILES string of the molecule is CCC(C)n1ncn(-c2ccc(N3CCN(c4ccc(OCC5COC(Cn6c[n+](Cc7cc(C)c(OC(C)=O)c(C)c7)cn6)(c6ccc(Cl)cc6Cl)O5)cc4)CC3)cc2)c1=O.[Br-]. The number of halogens is 3. The normalized spacial score (nSPS) is 18.0. The van der Waals surface area contributed by atoms with Crippen LogP contribution in [0.25, 0.3) is 5.69 Å². The number of carbonyl (C=O) groups excluding carboxylic acids is 1. The summed E-state index contributed by atoms with van der Waals surface area (Å²) >= 11 is 13.1. The quantitative estimate of drug-likeness (QED) is 0.0899. The molecule has 0 saturated carbocycles. The third-order valence-electron chi connectivity index (χ3n) is 11.4. The predicted octanol–water partition coefficient (Wildman–Crippen LogP) is 4.06. The Morgan fingerprint density at radius 3 is 2.17 bits per heavy atom. The fourth-order valence-corrected chi connectivity index (χ4v) is 8.65. The molecule has 0 radical (unpaired) electrons. The third-order valence-corrected chi connectivity index (χ3v) is 12.0. The van der Waals surface area contributed by atoms with Gasteiger partial charge in [-0.1, -0.05) is 36.2 Å².